The summed E-state index contributed by atoms with van der Waals surface area (Å²) in [5, 5.41) is 8.08. The number of carbonyl (C=O) groups is 1. The summed E-state index contributed by atoms with van der Waals surface area (Å²) >= 11 is 0. The highest BCUT2D eigenvalue weighted by Gasteiger charge is 2.44. The van der Waals surface area contributed by atoms with Gasteiger partial charge in [-0.3, -0.25) is 9.59 Å². The predicted octanol–water partition coefficient (Wildman–Crippen LogP) is 0.430. The van der Waals surface area contributed by atoms with E-state index in [1.807, 2.05) is 0 Å². The smallest absolute Gasteiger partial charge is 0.315 e. The lowest BCUT2D eigenvalue weighted by Gasteiger charge is -2.26. The first-order valence-corrected chi connectivity index (χ1v) is 13.1. The third-order valence-corrected chi connectivity index (χ3v) is 7.59. The molecule has 0 saturated carbocycles. The van der Waals surface area contributed by atoms with Gasteiger partial charge in [0.2, 0.25) is 0 Å². The van der Waals surface area contributed by atoms with Gasteiger partial charge in [-0.25, -0.2) is 18.5 Å². The molecule has 0 spiro atoms. The highest BCUT2D eigenvalue weighted by molar-refractivity contribution is 7.92. The van der Waals surface area contributed by atoms with Crippen molar-refractivity contribution in [1.29, 1.82) is 0 Å². The first-order valence-electron chi connectivity index (χ1n) is 9.72. The van der Waals surface area contributed by atoms with Crippen molar-refractivity contribution in [2.24, 2.45) is 0 Å². The third-order valence-electron chi connectivity index (χ3n) is 5.23. The molecule has 0 fully saturated rings. The average Bonchev–Trinajstić information content (AvgIpc) is 3.30. The van der Waals surface area contributed by atoms with Crippen LogP contribution in [0.25, 0.3) is 16.8 Å². The van der Waals surface area contributed by atoms with E-state index in [-0.39, 0.29) is 13.0 Å². The highest BCUT2D eigenvalue weighted by atomic mass is 32.2. The number of hydrogen-bond acceptors (Lipinski definition) is 8. The second-order valence-corrected chi connectivity index (χ2v) is 11.2. The molecule has 15 heteroatoms. The molecule has 182 valence electrons. The molecule has 1 atom stereocenters. The van der Waals surface area contributed by atoms with Crippen molar-refractivity contribution in [1.82, 2.24) is 25.0 Å². The topological polar surface area (TPSA) is 183 Å². The number of sulfone groups is 1. The summed E-state index contributed by atoms with van der Waals surface area (Å²) in [7, 11) is -9.13. The Bertz CT molecular complexity index is 1380. The van der Waals surface area contributed by atoms with Gasteiger partial charge in [0.15, 0.2) is 14.6 Å². The zero-order valence-corrected chi connectivity index (χ0v) is 19.8. The number of aryl methyl sites for hydroxylation is 1. The van der Waals surface area contributed by atoms with Crippen molar-refractivity contribution in [3.63, 3.8) is 0 Å². The van der Waals surface area contributed by atoms with E-state index in [0.29, 0.717) is 5.56 Å². The van der Waals surface area contributed by atoms with Gasteiger partial charge in [-0.05, 0) is 42.7 Å². The maximum absolute atomic E-state index is 12.6. The van der Waals surface area contributed by atoms with Gasteiger partial charge in [0.1, 0.15) is 0 Å². The Labute approximate surface area is 194 Å². The molecular formula is C19H22N5O8PS. The Morgan fingerprint density at radius 3 is 2.29 bits per heavy atom. The number of benzene rings is 1. The van der Waals surface area contributed by atoms with Crippen molar-refractivity contribution in [3.8, 4) is 16.8 Å². The third kappa shape index (κ3) is 5.85. The summed E-state index contributed by atoms with van der Waals surface area (Å²) < 4.78 is 38.4. The summed E-state index contributed by atoms with van der Waals surface area (Å²) in [4.78, 5) is 43.9. The molecule has 13 nitrogen and oxygen atoms in total. The Kier molecular flexibility index (Phi) is 7.19. The molecular weight excluding hydrogens is 489 g/mol. The van der Waals surface area contributed by atoms with Gasteiger partial charge in [-0.2, -0.15) is 19.6 Å². The number of pyridine rings is 1. The zero-order valence-electron chi connectivity index (χ0n) is 18.1. The molecule has 3 rings (SSSR count). The fraction of sp³-hybridized carbons (Fsp3) is 0.263. The molecule has 0 saturated heterocycles. The summed E-state index contributed by atoms with van der Waals surface area (Å²) in [5.74, 6) is -1.27. The fourth-order valence-corrected chi connectivity index (χ4v) is 4.06. The molecule has 2 heterocycles. The van der Waals surface area contributed by atoms with Gasteiger partial charge >= 0.3 is 7.82 Å². The number of hydroxylamine groups is 1. The van der Waals surface area contributed by atoms with Crippen molar-refractivity contribution in [3.05, 3.63) is 65.3 Å². The van der Waals surface area contributed by atoms with Crippen molar-refractivity contribution in [2.75, 3.05) is 6.26 Å². The fourth-order valence-electron chi connectivity index (χ4n) is 3.02. The Morgan fingerprint density at radius 1 is 1.15 bits per heavy atom. The molecule has 2 aromatic heterocycles. The SMILES string of the molecule is CC(CCn1ccc(-c2ccc(-n3nccn3)cc2)cc1=O)(C(=O)NOP(=O)(O)O)S(C)(=O)=O. The number of nitrogens with one attached hydrogen (secondary N) is 1. The van der Waals surface area contributed by atoms with E-state index in [1.165, 1.54) is 27.1 Å². The number of carbonyl (C=O) groups excluding carboxylic acids is 1. The lowest BCUT2D eigenvalue weighted by Crippen LogP contribution is -2.50. The second-order valence-electron chi connectivity index (χ2n) is 7.58. The maximum Gasteiger partial charge on any atom is 0.491 e. The van der Waals surface area contributed by atoms with Crippen LogP contribution in [-0.2, 0) is 30.4 Å². The molecule has 1 aromatic carbocycles. The summed E-state index contributed by atoms with van der Waals surface area (Å²) in [6.45, 7) is 0.923. The van der Waals surface area contributed by atoms with Crippen LogP contribution < -0.4 is 11.0 Å². The predicted molar refractivity (Wildman–Crippen MR) is 120 cm³/mol. The lowest BCUT2D eigenvalue weighted by atomic mass is 10.1. The van der Waals surface area contributed by atoms with Crippen LogP contribution in [0.3, 0.4) is 0 Å². The van der Waals surface area contributed by atoms with Crippen LogP contribution in [0.2, 0.25) is 0 Å². The van der Waals surface area contributed by atoms with E-state index >= 15 is 0 Å². The molecule has 1 unspecified atom stereocenters. The summed E-state index contributed by atoms with van der Waals surface area (Å²) in [6, 6.07) is 10.2. The molecule has 0 aliphatic rings. The lowest BCUT2D eigenvalue weighted by molar-refractivity contribution is -0.131. The minimum Gasteiger partial charge on any atom is -0.315 e. The quantitative estimate of drug-likeness (QED) is 0.269. The van der Waals surface area contributed by atoms with Gasteiger partial charge in [-0.1, -0.05) is 12.1 Å². The van der Waals surface area contributed by atoms with E-state index in [1.54, 1.807) is 42.7 Å². The van der Waals surface area contributed by atoms with Crippen LogP contribution in [0.1, 0.15) is 13.3 Å². The van der Waals surface area contributed by atoms with E-state index < -0.39 is 33.9 Å². The summed E-state index contributed by atoms with van der Waals surface area (Å²) in [6.07, 6.45) is 5.02. The number of hydrogen-bond donors (Lipinski definition) is 3. The van der Waals surface area contributed by atoms with E-state index in [2.05, 4.69) is 14.8 Å². The van der Waals surface area contributed by atoms with Crippen LogP contribution in [0.5, 0.6) is 0 Å². The number of nitrogens with zero attached hydrogens (tertiary/aromatic N) is 4. The Morgan fingerprint density at radius 2 is 1.76 bits per heavy atom. The number of phosphoric acid groups is 1. The standard InChI is InChI=1S/C19H22N5O8PS/c1-19(34(2,30)31,18(26)22-32-33(27,28)29)8-12-23-11-7-15(13-17(23)25)14-3-5-16(6-4-14)24-20-9-10-21-24/h3-7,9-11,13H,8,12H2,1-2H3,(H,22,26)(H2,27,28,29). The van der Waals surface area contributed by atoms with E-state index in [0.717, 1.165) is 24.4 Å². The monoisotopic (exact) mass is 511 g/mol. The number of amides is 1. The largest absolute Gasteiger partial charge is 0.491 e. The van der Waals surface area contributed by atoms with Crippen molar-refractivity contribution >= 4 is 23.6 Å². The van der Waals surface area contributed by atoms with Gasteiger partial charge in [0, 0.05) is 25.1 Å². The Hall–Kier alpha value is -3.16. The van der Waals surface area contributed by atoms with Crippen LogP contribution in [-0.4, -0.2) is 54.7 Å². The molecule has 3 N–H and O–H groups in total. The van der Waals surface area contributed by atoms with E-state index in [4.69, 9.17) is 9.79 Å². The zero-order chi connectivity index (χ0) is 25.1. The first kappa shape index (κ1) is 25.5. The van der Waals surface area contributed by atoms with Gasteiger partial charge < -0.3 is 14.4 Å². The molecule has 3 aromatic rings. The second kappa shape index (κ2) is 9.60. The average molecular weight is 511 g/mol. The van der Waals surface area contributed by atoms with Crippen LogP contribution >= 0.6 is 7.82 Å². The summed E-state index contributed by atoms with van der Waals surface area (Å²) in [5.41, 5.74) is 3.18. The number of aromatic nitrogens is 4. The molecule has 0 aliphatic carbocycles. The van der Waals surface area contributed by atoms with Crippen molar-refractivity contribution < 1.29 is 32.2 Å². The van der Waals surface area contributed by atoms with E-state index in [9.17, 15) is 22.6 Å². The number of rotatable bonds is 9. The van der Waals surface area contributed by atoms with Crippen LogP contribution in [0.15, 0.2) is 59.8 Å². The molecule has 0 bridgehead atoms. The van der Waals surface area contributed by atoms with Crippen molar-refractivity contribution in [2.45, 2.75) is 24.6 Å². The van der Waals surface area contributed by atoms with Gasteiger partial charge in [0.25, 0.3) is 11.5 Å². The molecule has 1 amide bonds. The minimum atomic E-state index is -5.07. The first-order chi connectivity index (χ1) is 15.8. The van der Waals surface area contributed by atoms with Crippen LogP contribution in [0.4, 0.5) is 0 Å². The maximum atomic E-state index is 12.6. The highest BCUT2D eigenvalue weighted by Crippen LogP contribution is 2.34. The normalized spacial score (nSPS) is 13.9. The molecule has 34 heavy (non-hydrogen) atoms. The molecule has 0 radical (unpaired) electrons. The van der Waals surface area contributed by atoms with Gasteiger partial charge in [0.05, 0.1) is 18.1 Å². The molecule has 0 aliphatic heterocycles. The van der Waals surface area contributed by atoms with Gasteiger partial charge in [-0.15, -0.1) is 0 Å². The Balaban J connectivity index is 1.77. The van der Waals surface area contributed by atoms with Crippen LogP contribution in [0, 0.1) is 0 Å². The minimum absolute atomic E-state index is 0.157.